The lowest BCUT2D eigenvalue weighted by Gasteiger charge is -2.28. The van der Waals surface area contributed by atoms with Gasteiger partial charge in [-0.2, -0.15) is 0 Å². The van der Waals surface area contributed by atoms with E-state index in [0.29, 0.717) is 25.3 Å². The summed E-state index contributed by atoms with van der Waals surface area (Å²) in [6.45, 7) is 3.40. The molecular weight excluding hydrogens is 397 g/mol. The molecule has 0 spiro atoms. The number of amides is 1. The van der Waals surface area contributed by atoms with Crippen LogP contribution in [0.5, 0.6) is 0 Å². The van der Waals surface area contributed by atoms with Crippen LogP contribution in [0, 0.1) is 18.2 Å². The number of fused-ring (bicyclic) bond motifs is 1. The van der Waals surface area contributed by atoms with Crippen LogP contribution < -0.4 is 16.4 Å². The Balaban J connectivity index is 1.67. The van der Waals surface area contributed by atoms with Crippen molar-refractivity contribution in [2.45, 2.75) is 20.0 Å². The van der Waals surface area contributed by atoms with Gasteiger partial charge in [-0.1, -0.05) is 17.7 Å². The summed E-state index contributed by atoms with van der Waals surface area (Å²) in [4.78, 5) is 18.9. The maximum Gasteiger partial charge on any atom is 0.242 e. The molecular formula is C22H24FN7O. The van der Waals surface area contributed by atoms with Gasteiger partial charge in [-0.15, -0.1) is 0 Å². The first kappa shape index (κ1) is 20.4. The SMILES string of the molecule is Cc1ccc(Nc2c(-c3ccc(F)cc3)nc3n2CCN(C(=O)CNC(=N)N)C3)cc1. The largest absolute Gasteiger partial charge is 0.370 e. The number of carbonyl (C=O) groups excluding carboxylic acids is 1. The van der Waals surface area contributed by atoms with Crippen molar-refractivity contribution >= 4 is 23.4 Å². The number of aromatic nitrogens is 2. The zero-order chi connectivity index (χ0) is 22.0. The van der Waals surface area contributed by atoms with Crippen LogP contribution in [0.3, 0.4) is 0 Å². The second-order valence-corrected chi connectivity index (χ2v) is 7.46. The predicted molar refractivity (Wildman–Crippen MR) is 117 cm³/mol. The highest BCUT2D eigenvalue weighted by atomic mass is 19.1. The molecule has 1 amide bonds. The van der Waals surface area contributed by atoms with Crippen LogP contribution in [0.4, 0.5) is 15.9 Å². The number of anilines is 2. The summed E-state index contributed by atoms with van der Waals surface area (Å²) < 4.78 is 15.5. The molecule has 1 aliphatic heterocycles. The number of carbonyl (C=O) groups is 1. The van der Waals surface area contributed by atoms with E-state index < -0.39 is 0 Å². The van der Waals surface area contributed by atoms with Crippen molar-refractivity contribution in [3.63, 3.8) is 0 Å². The number of aryl methyl sites for hydroxylation is 1. The molecule has 0 radical (unpaired) electrons. The molecule has 3 aromatic rings. The Morgan fingerprint density at radius 1 is 1.16 bits per heavy atom. The van der Waals surface area contributed by atoms with Crippen LogP contribution in [-0.2, 0) is 17.9 Å². The Labute approximate surface area is 179 Å². The van der Waals surface area contributed by atoms with Crippen molar-refractivity contribution in [1.29, 1.82) is 5.41 Å². The first-order chi connectivity index (χ1) is 14.9. The molecule has 2 heterocycles. The Bertz CT molecular complexity index is 1110. The molecule has 0 saturated carbocycles. The van der Waals surface area contributed by atoms with Gasteiger partial charge in [-0.05, 0) is 43.3 Å². The quantitative estimate of drug-likeness (QED) is 0.374. The summed E-state index contributed by atoms with van der Waals surface area (Å²) in [6, 6.07) is 14.3. The van der Waals surface area contributed by atoms with Gasteiger partial charge < -0.3 is 25.8 Å². The van der Waals surface area contributed by atoms with Crippen LogP contribution in [0.25, 0.3) is 11.3 Å². The minimum atomic E-state index is -0.310. The normalized spacial score (nSPS) is 12.9. The maximum absolute atomic E-state index is 13.5. The van der Waals surface area contributed by atoms with Gasteiger partial charge in [-0.25, -0.2) is 9.37 Å². The summed E-state index contributed by atoms with van der Waals surface area (Å²) in [5.41, 5.74) is 8.84. The van der Waals surface area contributed by atoms with Crippen molar-refractivity contribution < 1.29 is 9.18 Å². The number of nitrogens with two attached hydrogens (primary N) is 1. The van der Waals surface area contributed by atoms with Gasteiger partial charge in [0.2, 0.25) is 5.91 Å². The summed E-state index contributed by atoms with van der Waals surface area (Å²) in [7, 11) is 0. The third-order valence-electron chi connectivity index (χ3n) is 5.19. The van der Waals surface area contributed by atoms with E-state index >= 15 is 0 Å². The topological polar surface area (TPSA) is 112 Å². The highest BCUT2D eigenvalue weighted by Crippen LogP contribution is 2.33. The van der Waals surface area contributed by atoms with Crippen LogP contribution in [0.15, 0.2) is 48.5 Å². The molecule has 160 valence electrons. The lowest BCUT2D eigenvalue weighted by Crippen LogP contribution is -2.45. The Morgan fingerprint density at radius 3 is 2.55 bits per heavy atom. The fourth-order valence-corrected chi connectivity index (χ4v) is 3.54. The smallest absolute Gasteiger partial charge is 0.242 e. The molecule has 8 nitrogen and oxygen atoms in total. The van der Waals surface area contributed by atoms with Crippen LogP contribution in [0.2, 0.25) is 0 Å². The van der Waals surface area contributed by atoms with Crippen LogP contribution in [0.1, 0.15) is 11.4 Å². The minimum Gasteiger partial charge on any atom is -0.370 e. The van der Waals surface area contributed by atoms with Gasteiger partial charge in [0.05, 0.1) is 13.1 Å². The first-order valence-electron chi connectivity index (χ1n) is 9.95. The van der Waals surface area contributed by atoms with Gasteiger partial charge in [0.1, 0.15) is 23.2 Å². The average molecular weight is 421 g/mol. The first-order valence-corrected chi connectivity index (χ1v) is 9.95. The summed E-state index contributed by atoms with van der Waals surface area (Å²) >= 11 is 0. The molecule has 1 aliphatic rings. The molecule has 31 heavy (non-hydrogen) atoms. The number of benzene rings is 2. The fourth-order valence-electron chi connectivity index (χ4n) is 3.54. The molecule has 0 bridgehead atoms. The van der Waals surface area contributed by atoms with E-state index in [0.717, 1.165) is 28.5 Å². The van der Waals surface area contributed by atoms with Crippen molar-refractivity contribution in [2.75, 3.05) is 18.4 Å². The van der Waals surface area contributed by atoms with Gasteiger partial charge >= 0.3 is 0 Å². The number of hydrogen-bond donors (Lipinski definition) is 4. The predicted octanol–water partition coefficient (Wildman–Crippen LogP) is 2.57. The third-order valence-corrected chi connectivity index (χ3v) is 5.19. The second-order valence-electron chi connectivity index (χ2n) is 7.46. The average Bonchev–Trinajstić information content (AvgIpc) is 3.11. The summed E-state index contributed by atoms with van der Waals surface area (Å²) in [6.07, 6.45) is 0. The molecule has 5 N–H and O–H groups in total. The van der Waals surface area contributed by atoms with E-state index in [4.69, 9.17) is 16.1 Å². The summed E-state index contributed by atoms with van der Waals surface area (Å²) in [5, 5.41) is 13.2. The standard InChI is InChI=1S/C22H24FN7O/c1-14-2-8-17(9-3-14)27-21-20(15-4-6-16(23)7-5-15)28-18-13-29(10-11-30(18)21)19(31)12-26-22(24)25/h2-9,27H,10-13H2,1H3,(H4,24,25,26). The molecule has 0 fully saturated rings. The van der Waals surface area contributed by atoms with Gasteiger partial charge in [-0.3, -0.25) is 10.2 Å². The van der Waals surface area contributed by atoms with E-state index in [2.05, 4.69) is 15.2 Å². The third kappa shape index (κ3) is 4.50. The monoisotopic (exact) mass is 421 g/mol. The van der Waals surface area contributed by atoms with E-state index in [-0.39, 0.29) is 24.2 Å². The van der Waals surface area contributed by atoms with E-state index in [9.17, 15) is 9.18 Å². The number of rotatable bonds is 5. The highest BCUT2D eigenvalue weighted by molar-refractivity contribution is 5.84. The van der Waals surface area contributed by atoms with E-state index in [1.54, 1.807) is 17.0 Å². The maximum atomic E-state index is 13.5. The number of hydrogen-bond acceptors (Lipinski definition) is 4. The zero-order valence-corrected chi connectivity index (χ0v) is 17.2. The highest BCUT2D eigenvalue weighted by Gasteiger charge is 2.27. The number of imidazole rings is 1. The summed E-state index contributed by atoms with van der Waals surface area (Å²) in [5.74, 6) is 0.835. The van der Waals surface area contributed by atoms with Crippen molar-refractivity contribution in [3.05, 3.63) is 65.7 Å². The lowest BCUT2D eigenvalue weighted by molar-refractivity contribution is -0.131. The molecule has 0 unspecified atom stereocenters. The minimum absolute atomic E-state index is 0.0324. The molecule has 2 aromatic carbocycles. The Morgan fingerprint density at radius 2 is 1.87 bits per heavy atom. The van der Waals surface area contributed by atoms with Gasteiger partial charge in [0, 0.05) is 24.3 Å². The lowest BCUT2D eigenvalue weighted by atomic mass is 10.1. The molecule has 0 aliphatic carbocycles. The fraction of sp³-hybridized carbons (Fsp3) is 0.227. The number of nitrogens with zero attached hydrogens (tertiary/aromatic N) is 3. The Kier molecular flexibility index (Phi) is 5.57. The number of halogens is 1. The van der Waals surface area contributed by atoms with Crippen LogP contribution in [-0.4, -0.2) is 39.4 Å². The molecule has 0 saturated heterocycles. The zero-order valence-electron chi connectivity index (χ0n) is 17.2. The van der Waals surface area contributed by atoms with Crippen molar-refractivity contribution in [2.24, 2.45) is 5.73 Å². The second kappa shape index (κ2) is 8.47. The van der Waals surface area contributed by atoms with Crippen molar-refractivity contribution in [3.8, 4) is 11.3 Å². The van der Waals surface area contributed by atoms with E-state index in [1.807, 2.05) is 31.2 Å². The molecule has 4 rings (SSSR count). The molecule has 1 aromatic heterocycles. The molecule has 9 heteroatoms. The van der Waals surface area contributed by atoms with Crippen molar-refractivity contribution in [1.82, 2.24) is 19.8 Å². The Hall–Kier alpha value is -3.88. The number of guanidine groups is 1. The van der Waals surface area contributed by atoms with Gasteiger partial charge in [0.25, 0.3) is 0 Å². The van der Waals surface area contributed by atoms with E-state index in [1.165, 1.54) is 12.1 Å². The molecule has 0 atom stereocenters. The van der Waals surface area contributed by atoms with Crippen LogP contribution >= 0.6 is 0 Å². The number of nitrogens with one attached hydrogen (secondary N) is 3. The van der Waals surface area contributed by atoms with Gasteiger partial charge in [0.15, 0.2) is 5.96 Å².